The summed E-state index contributed by atoms with van der Waals surface area (Å²) in [6.07, 6.45) is 7.58. The average Bonchev–Trinajstić information content (AvgIpc) is 2.99. The number of rotatable bonds is 4. The van der Waals surface area contributed by atoms with Crippen molar-refractivity contribution in [1.82, 2.24) is 5.32 Å². The van der Waals surface area contributed by atoms with Crippen LogP contribution in [0, 0.1) is 11.8 Å². The van der Waals surface area contributed by atoms with E-state index in [9.17, 15) is 0 Å². The zero-order valence-electron chi connectivity index (χ0n) is 10.3. The molecule has 4 unspecified atom stereocenters. The summed E-state index contributed by atoms with van der Waals surface area (Å²) in [7, 11) is 0. The fourth-order valence-electron chi connectivity index (χ4n) is 3.53. The van der Waals surface area contributed by atoms with Gasteiger partial charge in [-0.15, -0.1) is 6.58 Å². The fourth-order valence-corrected chi connectivity index (χ4v) is 3.53. The van der Waals surface area contributed by atoms with Crippen LogP contribution in [0.4, 0.5) is 0 Å². The Kier molecular flexibility index (Phi) is 3.02. The molecule has 2 fully saturated rings. The van der Waals surface area contributed by atoms with Crippen molar-refractivity contribution in [2.45, 2.75) is 37.8 Å². The normalized spacial score (nSPS) is 32.6. The predicted octanol–water partition coefficient (Wildman–Crippen LogP) is 3.71. The Morgan fingerprint density at radius 2 is 2.00 bits per heavy atom. The average molecular weight is 226 g/mol. The molecule has 4 atom stereocenters. The highest BCUT2D eigenvalue weighted by Crippen LogP contribution is 2.45. The summed E-state index contributed by atoms with van der Waals surface area (Å²) in [5, 5.41) is 5.03. The first kappa shape index (κ1) is 11.0. The number of benzene rings is 1. The molecule has 0 N–H and O–H groups in total. The maximum absolute atomic E-state index is 5.03. The fraction of sp³-hybridized carbons (Fsp3) is 0.500. The molecule has 0 spiro atoms. The van der Waals surface area contributed by atoms with Gasteiger partial charge in [-0.2, -0.15) is 0 Å². The maximum Gasteiger partial charge on any atom is 0.0677 e. The molecule has 1 radical (unpaired) electrons. The zero-order valence-corrected chi connectivity index (χ0v) is 10.3. The lowest BCUT2D eigenvalue weighted by atomic mass is 9.94. The van der Waals surface area contributed by atoms with Gasteiger partial charge in [-0.05, 0) is 36.7 Å². The third kappa shape index (κ3) is 2.16. The molecule has 0 heterocycles. The quantitative estimate of drug-likeness (QED) is 0.695. The predicted molar refractivity (Wildman–Crippen MR) is 70.8 cm³/mol. The molecule has 0 saturated heterocycles. The molecule has 17 heavy (non-hydrogen) atoms. The molecule has 0 aromatic heterocycles. The molecule has 2 bridgehead atoms. The second-order valence-electron chi connectivity index (χ2n) is 5.48. The Labute approximate surface area is 104 Å². The van der Waals surface area contributed by atoms with Crippen LogP contribution in [-0.2, 0) is 0 Å². The van der Waals surface area contributed by atoms with E-state index in [2.05, 4.69) is 36.9 Å². The number of fused-ring (bicyclic) bond motifs is 2. The van der Waals surface area contributed by atoms with Crippen LogP contribution in [0.1, 0.15) is 37.3 Å². The van der Waals surface area contributed by atoms with Crippen molar-refractivity contribution in [3.8, 4) is 0 Å². The van der Waals surface area contributed by atoms with Crippen LogP contribution in [0.2, 0.25) is 0 Å². The first-order valence-electron chi connectivity index (χ1n) is 6.74. The molecule has 2 saturated carbocycles. The summed E-state index contributed by atoms with van der Waals surface area (Å²) < 4.78 is 0. The molecule has 1 aromatic rings. The molecule has 2 aliphatic carbocycles. The minimum atomic E-state index is 0.195. The van der Waals surface area contributed by atoms with Gasteiger partial charge in [0.2, 0.25) is 0 Å². The maximum atomic E-state index is 5.03. The second kappa shape index (κ2) is 4.66. The van der Waals surface area contributed by atoms with Crippen LogP contribution >= 0.6 is 0 Å². The van der Waals surface area contributed by atoms with E-state index in [1.54, 1.807) is 0 Å². The van der Waals surface area contributed by atoms with Crippen molar-refractivity contribution in [2.75, 3.05) is 0 Å². The summed E-state index contributed by atoms with van der Waals surface area (Å²) in [5.74, 6) is 1.83. The van der Waals surface area contributed by atoms with Crippen LogP contribution in [0.3, 0.4) is 0 Å². The standard InChI is InChI=1S/C16H20N/c1-2-15(13-6-4-3-5-7-13)17-16-11-12-8-9-14(16)10-12/h2-7,12,14-16H,1,8-11H2. The first-order chi connectivity index (χ1) is 8.36. The van der Waals surface area contributed by atoms with E-state index in [1.165, 1.54) is 31.2 Å². The largest absolute Gasteiger partial charge is 0.226 e. The first-order valence-corrected chi connectivity index (χ1v) is 6.74. The highest BCUT2D eigenvalue weighted by atomic mass is 15.0. The molecule has 0 amide bonds. The molecule has 1 nitrogen and oxygen atoms in total. The summed E-state index contributed by atoms with van der Waals surface area (Å²) in [6.45, 7) is 3.95. The van der Waals surface area contributed by atoms with E-state index >= 15 is 0 Å². The number of nitrogens with zero attached hydrogens (tertiary/aromatic N) is 1. The van der Waals surface area contributed by atoms with Gasteiger partial charge in [0.15, 0.2) is 0 Å². The minimum absolute atomic E-state index is 0.195. The lowest BCUT2D eigenvalue weighted by molar-refractivity contribution is 0.330. The Hall–Kier alpha value is -1.08. The lowest BCUT2D eigenvalue weighted by Gasteiger charge is -2.25. The van der Waals surface area contributed by atoms with Gasteiger partial charge in [0, 0.05) is 6.04 Å². The van der Waals surface area contributed by atoms with Gasteiger partial charge >= 0.3 is 0 Å². The van der Waals surface area contributed by atoms with E-state index in [1.807, 2.05) is 6.08 Å². The van der Waals surface area contributed by atoms with Crippen LogP contribution in [0.15, 0.2) is 43.0 Å². The van der Waals surface area contributed by atoms with E-state index in [0.717, 1.165) is 11.8 Å². The SMILES string of the molecule is C=CC([N]C1CC2CCC1C2)c1ccccc1. The Morgan fingerprint density at radius 3 is 2.59 bits per heavy atom. The number of hydrogen-bond donors (Lipinski definition) is 0. The van der Waals surface area contributed by atoms with Gasteiger partial charge < -0.3 is 0 Å². The van der Waals surface area contributed by atoms with E-state index in [4.69, 9.17) is 5.32 Å². The Bertz CT molecular complexity index is 384. The topological polar surface area (TPSA) is 14.1 Å². The van der Waals surface area contributed by atoms with Gasteiger partial charge in [0.1, 0.15) is 0 Å². The Balaban J connectivity index is 1.69. The van der Waals surface area contributed by atoms with Gasteiger partial charge in [-0.1, -0.05) is 42.8 Å². The molecule has 0 aliphatic heterocycles. The smallest absolute Gasteiger partial charge is 0.0677 e. The molecular weight excluding hydrogens is 206 g/mol. The highest BCUT2D eigenvalue weighted by Gasteiger charge is 2.40. The summed E-state index contributed by atoms with van der Waals surface area (Å²) in [5.41, 5.74) is 1.28. The van der Waals surface area contributed by atoms with Crippen LogP contribution in [0.25, 0.3) is 0 Å². The van der Waals surface area contributed by atoms with Crippen molar-refractivity contribution < 1.29 is 0 Å². The van der Waals surface area contributed by atoms with Crippen molar-refractivity contribution in [3.63, 3.8) is 0 Å². The molecular formula is C16H20N. The molecule has 1 aromatic carbocycles. The van der Waals surface area contributed by atoms with Crippen molar-refractivity contribution >= 4 is 0 Å². The third-order valence-electron chi connectivity index (χ3n) is 4.42. The van der Waals surface area contributed by atoms with Crippen LogP contribution < -0.4 is 5.32 Å². The second-order valence-corrected chi connectivity index (χ2v) is 5.48. The number of hydrogen-bond acceptors (Lipinski definition) is 0. The van der Waals surface area contributed by atoms with Gasteiger partial charge in [-0.25, -0.2) is 5.32 Å². The minimum Gasteiger partial charge on any atom is -0.226 e. The molecule has 1 heteroatoms. The van der Waals surface area contributed by atoms with Crippen molar-refractivity contribution in [1.29, 1.82) is 0 Å². The van der Waals surface area contributed by atoms with Crippen LogP contribution in [0.5, 0.6) is 0 Å². The molecule has 89 valence electrons. The lowest BCUT2D eigenvalue weighted by Crippen LogP contribution is -2.30. The zero-order chi connectivity index (χ0) is 11.7. The summed E-state index contributed by atoms with van der Waals surface area (Å²) in [6, 6.07) is 11.3. The summed E-state index contributed by atoms with van der Waals surface area (Å²) >= 11 is 0. The van der Waals surface area contributed by atoms with Gasteiger partial charge in [0.05, 0.1) is 6.04 Å². The Morgan fingerprint density at radius 1 is 1.18 bits per heavy atom. The molecule has 2 aliphatic rings. The van der Waals surface area contributed by atoms with E-state index in [-0.39, 0.29) is 6.04 Å². The highest BCUT2D eigenvalue weighted by molar-refractivity contribution is 5.22. The molecule has 3 rings (SSSR count). The third-order valence-corrected chi connectivity index (χ3v) is 4.42. The van der Waals surface area contributed by atoms with E-state index < -0.39 is 0 Å². The van der Waals surface area contributed by atoms with Crippen molar-refractivity contribution in [3.05, 3.63) is 48.6 Å². The van der Waals surface area contributed by atoms with Crippen molar-refractivity contribution in [2.24, 2.45) is 11.8 Å². The monoisotopic (exact) mass is 226 g/mol. The van der Waals surface area contributed by atoms with Crippen LogP contribution in [-0.4, -0.2) is 6.04 Å². The van der Waals surface area contributed by atoms with E-state index in [0.29, 0.717) is 6.04 Å². The summed E-state index contributed by atoms with van der Waals surface area (Å²) in [4.78, 5) is 0. The van der Waals surface area contributed by atoms with Gasteiger partial charge in [0.25, 0.3) is 0 Å². The van der Waals surface area contributed by atoms with Gasteiger partial charge in [-0.3, -0.25) is 0 Å².